The van der Waals surface area contributed by atoms with E-state index in [4.69, 9.17) is 0 Å². The van der Waals surface area contributed by atoms with E-state index in [1.807, 2.05) is 6.07 Å². The fourth-order valence-electron chi connectivity index (χ4n) is 5.20. The molecule has 1 atom stereocenters. The van der Waals surface area contributed by atoms with Gasteiger partial charge in [-0.25, -0.2) is 0 Å². The second-order valence-corrected chi connectivity index (χ2v) is 16.7. The monoisotopic (exact) mass is 476 g/mol. The summed E-state index contributed by atoms with van der Waals surface area (Å²) in [7, 11) is 0. The molecule has 0 bridgehead atoms. The summed E-state index contributed by atoms with van der Waals surface area (Å²) in [4.78, 5) is 0. The molecule has 1 aliphatic carbocycles. The summed E-state index contributed by atoms with van der Waals surface area (Å²) in [6.07, 6.45) is 1.96. The van der Waals surface area contributed by atoms with Gasteiger partial charge in [0.15, 0.2) is 0 Å². The Hall–Kier alpha value is -2.28. The Morgan fingerprint density at radius 3 is 1.60 bits per heavy atom. The van der Waals surface area contributed by atoms with Gasteiger partial charge in [0.05, 0.1) is 0 Å². The van der Waals surface area contributed by atoms with Gasteiger partial charge in [-0.05, 0) is 0 Å². The molecule has 0 spiro atoms. The molecule has 150 valence electrons. The van der Waals surface area contributed by atoms with Crippen molar-refractivity contribution in [3.63, 3.8) is 0 Å². The molecule has 4 aromatic rings. The standard InChI is InChI=1S/C27H23BrFP/c28-30(23-10-4-1-5-11-23,24-12-6-2-7-13-24,25-14-8-3-9-15-25)27-19-17-21-16-18-22(29)20-26(21)27/h1-16,18,20,27H,17,19H2. The van der Waals surface area contributed by atoms with E-state index in [1.165, 1.54) is 21.5 Å². The molecule has 1 unspecified atom stereocenters. The van der Waals surface area contributed by atoms with Crippen LogP contribution in [0.5, 0.6) is 0 Å². The second kappa shape index (κ2) is 7.45. The van der Waals surface area contributed by atoms with Gasteiger partial charge >= 0.3 is 186 Å². The van der Waals surface area contributed by atoms with Gasteiger partial charge in [0.2, 0.25) is 0 Å². The first-order valence-corrected chi connectivity index (χ1v) is 14.6. The van der Waals surface area contributed by atoms with Gasteiger partial charge in [0.1, 0.15) is 0 Å². The van der Waals surface area contributed by atoms with Crippen LogP contribution in [-0.4, -0.2) is 0 Å². The van der Waals surface area contributed by atoms with Gasteiger partial charge < -0.3 is 0 Å². The van der Waals surface area contributed by atoms with E-state index in [2.05, 4.69) is 106 Å². The molecule has 0 N–H and O–H groups in total. The van der Waals surface area contributed by atoms with Crippen molar-refractivity contribution in [3.05, 3.63) is 126 Å². The Bertz CT molecular complexity index is 1080. The maximum atomic E-state index is 14.5. The molecule has 0 heterocycles. The number of rotatable bonds is 4. The summed E-state index contributed by atoms with van der Waals surface area (Å²) >= 11 is 4.55. The minimum atomic E-state index is -3.14. The molecule has 3 heteroatoms. The topological polar surface area (TPSA) is 0 Å². The quantitative estimate of drug-likeness (QED) is 0.289. The van der Waals surface area contributed by atoms with Crippen molar-refractivity contribution < 1.29 is 4.39 Å². The van der Waals surface area contributed by atoms with E-state index in [0.717, 1.165) is 18.4 Å². The number of hydrogen-bond donors (Lipinski definition) is 0. The molecule has 0 saturated heterocycles. The first-order valence-electron chi connectivity index (χ1n) is 10.3. The van der Waals surface area contributed by atoms with E-state index in [-0.39, 0.29) is 11.5 Å². The van der Waals surface area contributed by atoms with E-state index < -0.39 is 5.31 Å². The average molecular weight is 477 g/mol. The summed E-state index contributed by atoms with van der Waals surface area (Å²) in [6, 6.07) is 37.7. The Kier molecular flexibility index (Phi) is 4.88. The van der Waals surface area contributed by atoms with Gasteiger partial charge in [0, 0.05) is 0 Å². The van der Waals surface area contributed by atoms with Crippen molar-refractivity contribution in [2.45, 2.75) is 18.5 Å². The molecule has 0 amide bonds. The van der Waals surface area contributed by atoms with Crippen LogP contribution in [0.4, 0.5) is 4.39 Å². The van der Waals surface area contributed by atoms with Crippen LogP contribution in [0.25, 0.3) is 0 Å². The normalized spacial score (nSPS) is 17.1. The molecule has 5 rings (SSSR count). The van der Waals surface area contributed by atoms with Crippen LogP contribution < -0.4 is 15.9 Å². The number of benzene rings is 4. The summed E-state index contributed by atoms with van der Waals surface area (Å²) in [6.45, 7) is 0. The van der Waals surface area contributed by atoms with Crippen LogP contribution in [-0.2, 0) is 6.42 Å². The van der Waals surface area contributed by atoms with Crippen LogP contribution in [0.15, 0.2) is 109 Å². The van der Waals surface area contributed by atoms with Gasteiger partial charge in [-0.15, -0.1) is 0 Å². The second-order valence-electron chi connectivity index (χ2n) is 7.98. The van der Waals surface area contributed by atoms with Crippen molar-refractivity contribution in [1.82, 2.24) is 0 Å². The van der Waals surface area contributed by atoms with Gasteiger partial charge in [0.25, 0.3) is 0 Å². The molecule has 0 radical (unpaired) electrons. The molecule has 30 heavy (non-hydrogen) atoms. The zero-order chi connectivity index (χ0) is 20.6. The first-order chi connectivity index (χ1) is 14.6. The van der Waals surface area contributed by atoms with Crippen LogP contribution in [0.3, 0.4) is 0 Å². The number of halogens is 2. The maximum absolute atomic E-state index is 14.5. The Morgan fingerprint density at radius 1 is 0.667 bits per heavy atom. The summed E-state index contributed by atoms with van der Waals surface area (Å²) in [5.41, 5.74) is 2.56. The van der Waals surface area contributed by atoms with E-state index in [0.29, 0.717) is 0 Å². The zero-order valence-corrected chi connectivity index (χ0v) is 19.1. The van der Waals surface area contributed by atoms with Crippen LogP contribution in [0.1, 0.15) is 23.2 Å². The average Bonchev–Trinajstić information content (AvgIpc) is 3.24. The Labute approximate surface area is 185 Å². The molecule has 0 aromatic heterocycles. The third-order valence-corrected chi connectivity index (χ3v) is 17.3. The summed E-state index contributed by atoms with van der Waals surface area (Å²) in [5, 5.41) is 0.698. The van der Waals surface area contributed by atoms with Crippen molar-refractivity contribution in [2.24, 2.45) is 0 Å². The first kappa shape index (κ1) is 19.7. The number of aryl methyl sites for hydroxylation is 1. The van der Waals surface area contributed by atoms with E-state index >= 15 is 0 Å². The third-order valence-electron chi connectivity index (χ3n) is 6.52. The van der Waals surface area contributed by atoms with Crippen molar-refractivity contribution in [2.75, 3.05) is 0 Å². The SMILES string of the molecule is Fc1ccc2c(c1)C(P(Br)(c1ccccc1)(c1ccccc1)c1ccccc1)CC2. The van der Waals surface area contributed by atoms with Crippen molar-refractivity contribution >= 4 is 36.7 Å². The van der Waals surface area contributed by atoms with Crippen molar-refractivity contribution in [3.8, 4) is 0 Å². The Balaban J connectivity index is 1.94. The molecule has 0 fully saturated rings. The third kappa shape index (κ3) is 2.74. The van der Waals surface area contributed by atoms with Crippen LogP contribution in [0, 0.1) is 5.82 Å². The molecule has 1 aliphatic rings. The van der Waals surface area contributed by atoms with Gasteiger partial charge in [-0.2, -0.15) is 0 Å². The van der Waals surface area contributed by atoms with Crippen LogP contribution in [0.2, 0.25) is 0 Å². The predicted molar refractivity (Wildman–Crippen MR) is 132 cm³/mol. The molecule has 4 aromatic carbocycles. The summed E-state index contributed by atoms with van der Waals surface area (Å²) in [5.74, 6) is -0.160. The number of hydrogen-bond acceptors (Lipinski definition) is 0. The van der Waals surface area contributed by atoms with Crippen molar-refractivity contribution in [1.29, 1.82) is 0 Å². The minimum absolute atomic E-state index is 0.160. The molecule has 0 saturated carbocycles. The predicted octanol–water partition coefficient (Wildman–Crippen LogP) is 6.65. The Morgan fingerprint density at radius 2 is 1.13 bits per heavy atom. The fraction of sp³-hybridized carbons (Fsp3) is 0.111. The van der Waals surface area contributed by atoms with Crippen LogP contribution >= 0.6 is 20.8 Å². The fourth-order valence-corrected chi connectivity index (χ4v) is 14.2. The van der Waals surface area contributed by atoms with Gasteiger partial charge in [-0.3, -0.25) is 0 Å². The zero-order valence-electron chi connectivity index (χ0n) is 16.6. The molecular weight excluding hydrogens is 454 g/mol. The molecule has 0 aliphatic heterocycles. The van der Waals surface area contributed by atoms with E-state index in [9.17, 15) is 4.39 Å². The number of fused-ring (bicyclic) bond motifs is 1. The van der Waals surface area contributed by atoms with E-state index in [1.54, 1.807) is 12.1 Å². The molecular formula is C27H23BrFP. The van der Waals surface area contributed by atoms with Gasteiger partial charge in [-0.1, -0.05) is 0 Å². The molecule has 0 nitrogen and oxygen atoms in total. The summed E-state index contributed by atoms with van der Waals surface area (Å²) < 4.78 is 14.5.